The van der Waals surface area contributed by atoms with Gasteiger partial charge in [0.2, 0.25) is 0 Å². The molecule has 1 rings (SSSR count). The molecule has 2 unspecified atom stereocenters. The highest BCUT2D eigenvalue weighted by Gasteiger charge is 2.27. The summed E-state index contributed by atoms with van der Waals surface area (Å²) >= 11 is 0. The fourth-order valence-electron chi connectivity index (χ4n) is 2.63. The van der Waals surface area contributed by atoms with Crippen LogP contribution in [-0.2, 0) is 9.53 Å². The van der Waals surface area contributed by atoms with Crippen molar-refractivity contribution in [1.82, 2.24) is 4.90 Å². The molecule has 2 atom stereocenters. The standard InChI is InChI=1S/C16H29NO4/c1-12(14(18)19)7-5-8-13-9-6-10-17(11-13)15(20)21-16(2,3)4/h12-13H,5-11H2,1-4H3,(H,18,19). The Morgan fingerprint density at radius 1 is 1.38 bits per heavy atom. The molecule has 1 fully saturated rings. The lowest BCUT2D eigenvalue weighted by molar-refractivity contribution is -0.141. The van der Waals surface area contributed by atoms with Gasteiger partial charge in [0.25, 0.3) is 0 Å². The Morgan fingerprint density at radius 3 is 2.62 bits per heavy atom. The van der Waals surface area contributed by atoms with Crippen LogP contribution in [0.1, 0.15) is 59.8 Å². The van der Waals surface area contributed by atoms with Crippen LogP contribution < -0.4 is 0 Å². The molecule has 1 heterocycles. The number of hydrogen-bond donors (Lipinski definition) is 1. The fraction of sp³-hybridized carbons (Fsp3) is 0.875. The van der Waals surface area contributed by atoms with E-state index in [9.17, 15) is 9.59 Å². The SMILES string of the molecule is CC(CCCC1CCCN(C(=O)OC(C)(C)C)C1)C(=O)O. The van der Waals surface area contributed by atoms with Crippen LogP contribution >= 0.6 is 0 Å². The van der Waals surface area contributed by atoms with E-state index >= 15 is 0 Å². The summed E-state index contributed by atoms with van der Waals surface area (Å²) in [4.78, 5) is 24.6. The molecule has 0 spiro atoms. The molecule has 1 aliphatic rings. The number of carbonyl (C=O) groups excluding carboxylic acids is 1. The lowest BCUT2D eigenvalue weighted by atomic mass is 9.91. The maximum Gasteiger partial charge on any atom is 0.410 e. The molecule has 0 aliphatic carbocycles. The number of carboxylic acid groups (broad SMARTS) is 1. The smallest absolute Gasteiger partial charge is 0.410 e. The van der Waals surface area contributed by atoms with Gasteiger partial charge in [-0.15, -0.1) is 0 Å². The second-order valence-corrected chi connectivity index (χ2v) is 7.10. The summed E-state index contributed by atoms with van der Waals surface area (Å²) in [5, 5.41) is 8.87. The van der Waals surface area contributed by atoms with Crippen LogP contribution in [0, 0.1) is 11.8 Å². The van der Waals surface area contributed by atoms with Crippen molar-refractivity contribution in [1.29, 1.82) is 0 Å². The van der Waals surface area contributed by atoms with Gasteiger partial charge in [-0.05, 0) is 52.4 Å². The van der Waals surface area contributed by atoms with Crippen molar-refractivity contribution < 1.29 is 19.4 Å². The molecule has 0 radical (unpaired) electrons. The first-order chi connectivity index (χ1) is 9.69. The molecule has 0 aromatic rings. The summed E-state index contributed by atoms with van der Waals surface area (Å²) in [7, 11) is 0. The van der Waals surface area contributed by atoms with Crippen molar-refractivity contribution in [3.05, 3.63) is 0 Å². The predicted molar refractivity (Wildman–Crippen MR) is 81.2 cm³/mol. The van der Waals surface area contributed by atoms with Gasteiger partial charge >= 0.3 is 12.1 Å². The van der Waals surface area contributed by atoms with Gasteiger partial charge < -0.3 is 14.7 Å². The maximum atomic E-state index is 12.1. The van der Waals surface area contributed by atoms with E-state index in [2.05, 4.69) is 0 Å². The number of carbonyl (C=O) groups is 2. The van der Waals surface area contributed by atoms with E-state index < -0.39 is 11.6 Å². The van der Waals surface area contributed by atoms with Crippen molar-refractivity contribution in [3.8, 4) is 0 Å². The van der Waals surface area contributed by atoms with E-state index in [4.69, 9.17) is 9.84 Å². The molecule has 1 saturated heterocycles. The zero-order chi connectivity index (χ0) is 16.0. The van der Waals surface area contributed by atoms with E-state index in [-0.39, 0.29) is 12.0 Å². The van der Waals surface area contributed by atoms with Gasteiger partial charge in [0.1, 0.15) is 5.60 Å². The Morgan fingerprint density at radius 2 is 2.05 bits per heavy atom. The van der Waals surface area contributed by atoms with Crippen LogP contribution in [0.2, 0.25) is 0 Å². The molecule has 0 saturated carbocycles. The van der Waals surface area contributed by atoms with Gasteiger partial charge in [-0.25, -0.2) is 4.79 Å². The first-order valence-corrected chi connectivity index (χ1v) is 7.90. The number of amides is 1. The fourth-order valence-corrected chi connectivity index (χ4v) is 2.63. The number of hydrogen-bond acceptors (Lipinski definition) is 3. The normalized spacial score (nSPS) is 21.0. The summed E-state index contributed by atoms with van der Waals surface area (Å²) in [5.41, 5.74) is -0.457. The van der Waals surface area contributed by atoms with Crippen molar-refractivity contribution in [2.45, 2.75) is 65.4 Å². The Labute approximate surface area is 127 Å². The minimum atomic E-state index is -0.728. The predicted octanol–water partition coefficient (Wildman–Crippen LogP) is 3.52. The molecule has 1 amide bonds. The monoisotopic (exact) mass is 299 g/mol. The number of ether oxygens (including phenoxy) is 1. The Balaban J connectivity index is 2.35. The third kappa shape index (κ3) is 6.82. The van der Waals surface area contributed by atoms with Crippen LogP contribution in [0.15, 0.2) is 0 Å². The number of rotatable bonds is 5. The molecule has 5 heteroatoms. The summed E-state index contributed by atoms with van der Waals surface area (Å²) in [6, 6.07) is 0. The summed E-state index contributed by atoms with van der Waals surface area (Å²) in [6.45, 7) is 8.86. The molecule has 122 valence electrons. The number of piperidine rings is 1. The third-order valence-electron chi connectivity index (χ3n) is 3.84. The van der Waals surface area contributed by atoms with Crippen molar-refractivity contribution >= 4 is 12.1 Å². The minimum absolute atomic E-state index is 0.230. The molecule has 0 aromatic carbocycles. The highest BCUT2D eigenvalue weighted by Crippen LogP contribution is 2.24. The number of nitrogens with zero attached hydrogens (tertiary/aromatic N) is 1. The largest absolute Gasteiger partial charge is 0.481 e. The van der Waals surface area contributed by atoms with Gasteiger partial charge in [-0.2, -0.15) is 0 Å². The molecular formula is C16H29NO4. The lowest BCUT2D eigenvalue weighted by Crippen LogP contribution is -2.42. The molecule has 1 aliphatic heterocycles. The average Bonchev–Trinajstić information content (AvgIpc) is 2.36. The Kier molecular flexibility index (Phi) is 6.49. The first-order valence-electron chi connectivity index (χ1n) is 7.90. The lowest BCUT2D eigenvalue weighted by Gasteiger charge is -2.34. The molecule has 0 bridgehead atoms. The zero-order valence-corrected chi connectivity index (χ0v) is 13.7. The van der Waals surface area contributed by atoms with E-state index in [1.165, 1.54) is 0 Å². The van der Waals surface area contributed by atoms with Crippen LogP contribution in [0.25, 0.3) is 0 Å². The highest BCUT2D eigenvalue weighted by molar-refractivity contribution is 5.69. The maximum absolute atomic E-state index is 12.1. The third-order valence-corrected chi connectivity index (χ3v) is 3.84. The molecule has 21 heavy (non-hydrogen) atoms. The molecular weight excluding hydrogens is 270 g/mol. The van der Waals surface area contributed by atoms with Crippen LogP contribution in [0.5, 0.6) is 0 Å². The van der Waals surface area contributed by atoms with Crippen LogP contribution in [0.3, 0.4) is 0 Å². The zero-order valence-electron chi connectivity index (χ0n) is 13.7. The Bertz CT molecular complexity index is 362. The molecule has 0 aromatic heterocycles. The van der Waals surface area contributed by atoms with Gasteiger partial charge in [-0.1, -0.05) is 13.3 Å². The van der Waals surface area contributed by atoms with Crippen LogP contribution in [-0.4, -0.2) is 40.8 Å². The molecule has 1 N–H and O–H groups in total. The van der Waals surface area contributed by atoms with E-state index in [0.717, 1.165) is 38.8 Å². The minimum Gasteiger partial charge on any atom is -0.481 e. The van der Waals surface area contributed by atoms with E-state index in [1.54, 1.807) is 11.8 Å². The number of aliphatic carboxylic acids is 1. The van der Waals surface area contributed by atoms with Gasteiger partial charge in [0.05, 0.1) is 5.92 Å². The molecule has 5 nitrogen and oxygen atoms in total. The second-order valence-electron chi connectivity index (χ2n) is 7.10. The average molecular weight is 299 g/mol. The Hall–Kier alpha value is -1.26. The number of likely N-dealkylation sites (tertiary alicyclic amines) is 1. The topological polar surface area (TPSA) is 66.8 Å². The van der Waals surface area contributed by atoms with Crippen molar-refractivity contribution in [3.63, 3.8) is 0 Å². The van der Waals surface area contributed by atoms with E-state index in [0.29, 0.717) is 12.3 Å². The summed E-state index contributed by atoms with van der Waals surface area (Å²) in [5.74, 6) is -0.545. The van der Waals surface area contributed by atoms with Gasteiger partial charge in [0, 0.05) is 13.1 Å². The summed E-state index contributed by atoms with van der Waals surface area (Å²) < 4.78 is 5.41. The highest BCUT2D eigenvalue weighted by atomic mass is 16.6. The van der Waals surface area contributed by atoms with Gasteiger partial charge in [0.15, 0.2) is 0 Å². The quantitative estimate of drug-likeness (QED) is 0.843. The first kappa shape index (κ1) is 17.8. The van der Waals surface area contributed by atoms with E-state index in [1.807, 2.05) is 20.8 Å². The summed E-state index contributed by atoms with van der Waals surface area (Å²) in [6.07, 6.45) is 4.47. The van der Waals surface area contributed by atoms with Crippen LogP contribution in [0.4, 0.5) is 4.79 Å². The number of carboxylic acids is 1. The van der Waals surface area contributed by atoms with Gasteiger partial charge in [-0.3, -0.25) is 4.79 Å². The van der Waals surface area contributed by atoms with Crippen molar-refractivity contribution in [2.75, 3.05) is 13.1 Å². The second kappa shape index (κ2) is 7.66. The van der Waals surface area contributed by atoms with Crippen molar-refractivity contribution in [2.24, 2.45) is 11.8 Å².